The van der Waals surface area contributed by atoms with E-state index in [9.17, 15) is 18.4 Å². The summed E-state index contributed by atoms with van der Waals surface area (Å²) >= 11 is 0. The Hall–Kier alpha value is -2.18. The average Bonchev–Trinajstić information content (AvgIpc) is 3.27. The number of aliphatic carboxylic acids is 1. The molecule has 2 aliphatic rings. The van der Waals surface area contributed by atoms with Crippen molar-refractivity contribution in [3.05, 3.63) is 29.8 Å². The number of hydrogen-bond acceptors (Lipinski definition) is 4. The molecule has 160 valence electrons. The van der Waals surface area contributed by atoms with Crippen molar-refractivity contribution in [2.45, 2.75) is 70.5 Å². The van der Waals surface area contributed by atoms with Crippen molar-refractivity contribution in [2.75, 3.05) is 0 Å². The highest BCUT2D eigenvalue weighted by Gasteiger charge is 2.52. The number of carbonyl (C=O) groups is 2. The molecule has 0 heterocycles. The van der Waals surface area contributed by atoms with Gasteiger partial charge in [-0.3, -0.25) is 0 Å². The molecule has 2 aliphatic carbocycles. The summed E-state index contributed by atoms with van der Waals surface area (Å²) in [4.78, 5) is 23.2. The molecule has 1 aromatic carbocycles. The molecule has 0 saturated heterocycles. The molecule has 4 unspecified atom stereocenters. The lowest BCUT2D eigenvalue weighted by Crippen LogP contribution is -2.47. The third-order valence-corrected chi connectivity index (χ3v) is 6.41. The van der Waals surface area contributed by atoms with Crippen molar-refractivity contribution in [1.29, 1.82) is 0 Å². The average molecular weight is 410 g/mol. The third kappa shape index (κ3) is 4.09. The van der Waals surface area contributed by atoms with Crippen LogP contribution in [0.5, 0.6) is 5.75 Å². The molecule has 2 saturated carbocycles. The lowest BCUT2D eigenvalue weighted by Gasteiger charge is -2.37. The number of hydrogen-bond donors (Lipinski definition) is 1. The standard InChI is InChI=1S/C22H28F2O5/c1-4-21(12-14-5-8-16(21)11-14)29-17-9-6-15(7-10-17)19(25)28-18(13(2)3)22(23,24)20(26)27/h6-7,9-10,13-14,16,18H,4-5,8,11-12H2,1-3H3,(H,26,27). The Labute approximate surface area is 169 Å². The van der Waals surface area contributed by atoms with Gasteiger partial charge in [0.1, 0.15) is 11.4 Å². The summed E-state index contributed by atoms with van der Waals surface area (Å²) in [6.07, 6.45) is 3.54. The van der Waals surface area contributed by atoms with Gasteiger partial charge in [0, 0.05) is 0 Å². The summed E-state index contributed by atoms with van der Waals surface area (Å²) in [5.74, 6) is -6.43. The molecular formula is C22H28F2O5. The van der Waals surface area contributed by atoms with Crippen molar-refractivity contribution < 1.29 is 33.0 Å². The maximum absolute atomic E-state index is 13.9. The van der Waals surface area contributed by atoms with Crippen LogP contribution in [0.15, 0.2) is 24.3 Å². The third-order valence-electron chi connectivity index (χ3n) is 6.41. The number of halogens is 2. The van der Waals surface area contributed by atoms with Gasteiger partial charge in [0.05, 0.1) is 5.56 Å². The van der Waals surface area contributed by atoms with Crippen molar-refractivity contribution >= 4 is 11.9 Å². The molecule has 5 nitrogen and oxygen atoms in total. The molecular weight excluding hydrogens is 382 g/mol. The summed E-state index contributed by atoms with van der Waals surface area (Å²) < 4.78 is 39.0. The topological polar surface area (TPSA) is 72.8 Å². The van der Waals surface area contributed by atoms with E-state index < -0.39 is 29.9 Å². The smallest absolute Gasteiger partial charge is 0.378 e. The summed E-state index contributed by atoms with van der Waals surface area (Å²) in [7, 11) is 0. The van der Waals surface area contributed by atoms with Crippen LogP contribution in [-0.4, -0.2) is 34.7 Å². The molecule has 1 N–H and O–H groups in total. The van der Waals surface area contributed by atoms with Gasteiger partial charge < -0.3 is 14.6 Å². The van der Waals surface area contributed by atoms with E-state index in [0.717, 1.165) is 18.8 Å². The molecule has 0 amide bonds. The molecule has 29 heavy (non-hydrogen) atoms. The molecule has 0 spiro atoms. The minimum absolute atomic E-state index is 0.0719. The van der Waals surface area contributed by atoms with Gasteiger partial charge in [-0.05, 0) is 74.1 Å². The van der Waals surface area contributed by atoms with Crippen molar-refractivity contribution in [2.24, 2.45) is 17.8 Å². The molecule has 7 heteroatoms. The largest absolute Gasteiger partial charge is 0.487 e. The summed E-state index contributed by atoms with van der Waals surface area (Å²) in [6, 6.07) is 6.20. The van der Waals surface area contributed by atoms with Crippen LogP contribution in [-0.2, 0) is 9.53 Å². The molecule has 0 aliphatic heterocycles. The van der Waals surface area contributed by atoms with E-state index in [2.05, 4.69) is 6.92 Å². The predicted molar refractivity (Wildman–Crippen MR) is 102 cm³/mol. The van der Waals surface area contributed by atoms with Crippen LogP contribution >= 0.6 is 0 Å². The maximum atomic E-state index is 13.9. The number of benzene rings is 1. The fourth-order valence-electron chi connectivity index (χ4n) is 4.85. The Bertz CT molecular complexity index is 761. The highest BCUT2D eigenvalue weighted by molar-refractivity contribution is 5.90. The predicted octanol–water partition coefficient (Wildman–Crippen LogP) is 4.94. The second-order valence-electron chi connectivity index (χ2n) is 8.62. The fraction of sp³-hybridized carbons (Fsp3) is 0.636. The van der Waals surface area contributed by atoms with E-state index in [-0.39, 0.29) is 11.2 Å². The van der Waals surface area contributed by atoms with Crippen LogP contribution in [0.4, 0.5) is 8.78 Å². The lowest BCUT2D eigenvalue weighted by atomic mass is 9.82. The lowest BCUT2D eigenvalue weighted by molar-refractivity contribution is -0.187. The van der Waals surface area contributed by atoms with Crippen LogP contribution in [0.25, 0.3) is 0 Å². The van der Waals surface area contributed by atoms with Crippen LogP contribution in [0.2, 0.25) is 0 Å². The molecule has 1 aromatic rings. The second kappa shape index (κ2) is 7.92. The number of carbonyl (C=O) groups excluding carboxylic acids is 1. The van der Waals surface area contributed by atoms with Crippen molar-refractivity contribution in [1.82, 2.24) is 0 Å². The Morgan fingerprint density at radius 3 is 2.34 bits per heavy atom. The minimum atomic E-state index is -4.16. The number of alkyl halides is 2. The zero-order chi connectivity index (χ0) is 21.4. The van der Waals surface area contributed by atoms with Crippen LogP contribution < -0.4 is 4.74 Å². The Balaban J connectivity index is 1.69. The van der Waals surface area contributed by atoms with Crippen molar-refractivity contribution in [3.8, 4) is 5.75 Å². The molecule has 0 aromatic heterocycles. The molecule has 3 rings (SSSR count). The quantitative estimate of drug-likeness (QED) is 0.615. The minimum Gasteiger partial charge on any atom is -0.487 e. The van der Waals surface area contributed by atoms with Gasteiger partial charge >= 0.3 is 17.9 Å². The monoisotopic (exact) mass is 410 g/mol. The number of ether oxygens (including phenoxy) is 2. The number of rotatable bonds is 8. The highest BCUT2D eigenvalue weighted by atomic mass is 19.3. The number of carboxylic acid groups (broad SMARTS) is 1. The van der Waals surface area contributed by atoms with Gasteiger partial charge in [0.15, 0.2) is 6.10 Å². The van der Waals surface area contributed by atoms with Gasteiger partial charge in [0.25, 0.3) is 0 Å². The van der Waals surface area contributed by atoms with E-state index in [1.165, 1.54) is 45.2 Å². The van der Waals surface area contributed by atoms with Gasteiger partial charge in [-0.15, -0.1) is 0 Å². The number of fused-ring (bicyclic) bond motifs is 2. The first-order chi connectivity index (χ1) is 13.6. The van der Waals surface area contributed by atoms with Crippen LogP contribution in [0.1, 0.15) is 63.2 Å². The molecule has 0 radical (unpaired) electrons. The van der Waals surface area contributed by atoms with Gasteiger partial charge in [-0.2, -0.15) is 8.78 Å². The summed E-state index contributed by atoms with van der Waals surface area (Å²) in [5, 5.41) is 8.75. The Morgan fingerprint density at radius 2 is 1.90 bits per heavy atom. The highest BCUT2D eigenvalue weighted by Crippen LogP contribution is 2.54. The summed E-state index contributed by atoms with van der Waals surface area (Å²) in [6.45, 7) is 4.89. The van der Waals surface area contributed by atoms with Crippen LogP contribution in [0.3, 0.4) is 0 Å². The van der Waals surface area contributed by atoms with Crippen LogP contribution in [0, 0.1) is 17.8 Å². The first-order valence-corrected chi connectivity index (χ1v) is 10.2. The Kier molecular flexibility index (Phi) is 5.88. The summed E-state index contributed by atoms with van der Waals surface area (Å²) in [5.41, 5.74) is -0.0975. The fourth-order valence-corrected chi connectivity index (χ4v) is 4.85. The van der Waals surface area contributed by atoms with E-state index in [0.29, 0.717) is 11.7 Å². The maximum Gasteiger partial charge on any atom is 0.378 e. The van der Waals surface area contributed by atoms with E-state index in [1.54, 1.807) is 12.1 Å². The van der Waals surface area contributed by atoms with E-state index in [4.69, 9.17) is 14.6 Å². The first kappa shape index (κ1) is 21.5. The Morgan fingerprint density at radius 1 is 1.24 bits per heavy atom. The van der Waals surface area contributed by atoms with E-state index >= 15 is 0 Å². The molecule has 2 bridgehead atoms. The number of carboxylic acids is 1. The normalized spacial score (nSPS) is 27.1. The zero-order valence-electron chi connectivity index (χ0n) is 17.0. The van der Waals surface area contributed by atoms with Crippen molar-refractivity contribution in [3.63, 3.8) is 0 Å². The first-order valence-electron chi connectivity index (χ1n) is 10.2. The molecule has 2 fully saturated rings. The van der Waals surface area contributed by atoms with Gasteiger partial charge in [0.2, 0.25) is 0 Å². The SMILES string of the molecule is CCC1(Oc2ccc(C(=O)OC(C(C)C)C(F)(F)C(=O)O)cc2)CC2CCC1C2. The van der Waals surface area contributed by atoms with E-state index in [1.807, 2.05) is 0 Å². The van der Waals surface area contributed by atoms with Gasteiger partial charge in [-0.1, -0.05) is 20.8 Å². The van der Waals surface area contributed by atoms with Gasteiger partial charge in [-0.25, -0.2) is 9.59 Å². The molecule has 4 atom stereocenters. The number of esters is 1. The second-order valence-corrected chi connectivity index (χ2v) is 8.62. The zero-order valence-corrected chi connectivity index (χ0v) is 17.0.